The largest absolute Gasteiger partial charge is 0.405 e. The fourth-order valence-electron chi connectivity index (χ4n) is 3.68. The molecule has 3 amide bonds. The number of alkyl halides is 3. The highest BCUT2D eigenvalue weighted by Gasteiger charge is 2.36. The molecule has 168 valence electrons. The van der Waals surface area contributed by atoms with Crippen molar-refractivity contribution in [3.05, 3.63) is 48.0 Å². The first-order chi connectivity index (χ1) is 14.6. The van der Waals surface area contributed by atoms with Crippen molar-refractivity contribution in [1.82, 2.24) is 19.8 Å². The van der Waals surface area contributed by atoms with Gasteiger partial charge in [-0.2, -0.15) is 13.2 Å². The molecule has 1 aromatic carbocycles. The molecule has 0 saturated carbocycles. The summed E-state index contributed by atoms with van der Waals surface area (Å²) in [4.78, 5) is 30.5. The topological polar surface area (TPSA) is 79.3 Å². The predicted octanol–water partition coefficient (Wildman–Crippen LogP) is 3.73. The minimum absolute atomic E-state index is 0.272. The van der Waals surface area contributed by atoms with E-state index in [0.29, 0.717) is 31.6 Å². The van der Waals surface area contributed by atoms with Gasteiger partial charge in [-0.25, -0.2) is 9.78 Å². The number of hydrogen-bond acceptors (Lipinski definition) is 3. The van der Waals surface area contributed by atoms with Crippen LogP contribution in [-0.4, -0.2) is 51.7 Å². The summed E-state index contributed by atoms with van der Waals surface area (Å²) >= 11 is 0. The molecule has 0 radical (unpaired) electrons. The molecule has 31 heavy (non-hydrogen) atoms. The van der Waals surface area contributed by atoms with Crippen LogP contribution >= 0.6 is 0 Å². The molecule has 0 spiro atoms. The number of imidazole rings is 1. The Morgan fingerprint density at radius 2 is 2.06 bits per heavy atom. The van der Waals surface area contributed by atoms with E-state index in [1.54, 1.807) is 12.3 Å². The third kappa shape index (κ3) is 5.99. The monoisotopic (exact) mass is 437 g/mol. The van der Waals surface area contributed by atoms with Crippen LogP contribution < -0.4 is 10.6 Å². The second-order valence-corrected chi connectivity index (χ2v) is 7.88. The highest BCUT2D eigenvalue weighted by molar-refractivity contribution is 5.94. The number of amides is 3. The zero-order valence-corrected chi connectivity index (χ0v) is 17.4. The lowest BCUT2D eigenvalue weighted by molar-refractivity contribution is -0.140. The molecule has 3 rings (SSSR count). The highest BCUT2D eigenvalue weighted by Crippen LogP contribution is 2.21. The van der Waals surface area contributed by atoms with Crippen LogP contribution in [0, 0.1) is 0 Å². The van der Waals surface area contributed by atoms with Gasteiger partial charge in [0.25, 0.3) is 0 Å². The predicted molar refractivity (Wildman–Crippen MR) is 110 cm³/mol. The number of anilines is 1. The Morgan fingerprint density at radius 3 is 2.77 bits per heavy atom. The first kappa shape index (κ1) is 22.6. The molecule has 1 atom stereocenters. The Balaban J connectivity index is 1.64. The van der Waals surface area contributed by atoms with Crippen LogP contribution in [0.15, 0.2) is 36.7 Å². The smallest absolute Gasteiger partial charge is 0.345 e. The third-order valence-corrected chi connectivity index (χ3v) is 5.07. The van der Waals surface area contributed by atoms with Crippen LogP contribution in [0.25, 0.3) is 0 Å². The zero-order chi connectivity index (χ0) is 22.6. The van der Waals surface area contributed by atoms with Crippen molar-refractivity contribution in [2.75, 3.05) is 18.4 Å². The maximum atomic E-state index is 12.7. The molecule has 1 unspecified atom stereocenters. The molecule has 10 heteroatoms. The van der Waals surface area contributed by atoms with E-state index in [0.717, 1.165) is 11.4 Å². The number of hydrogen-bond donors (Lipinski definition) is 2. The van der Waals surface area contributed by atoms with E-state index >= 15 is 0 Å². The number of nitrogens with zero attached hydrogens (tertiary/aromatic N) is 3. The second-order valence-electron chi connectivity index (χ2n) is 7.88. The van der Waals surface area contributed by atoms with E-state index in [1.165, 1.54) is 4.90 Å². The molecule has 2 N–H and O–H groups in total. The summed E-state index contributed by atoms with van der Waals surface area (Å²) in [5.41, 5.74) is 1.51. The number of benzene rings is 1. The number of halogens is 3. The molecular formula is C21H26F3N5O2. The van der Waals surface area contributed by atoms with Gasteiger partial charge in [-0.1, -0.05) is 26.0 Å². The van der Waals surface area contributed by atoms with Crippen molar-refractivity contribution in [2.45, 2.75) is 51.4 Å². The first-order valence-corrected chi connectivity index (χ1v) is 10.2. The minimum Gasteiger partial charge on any atom is -0.345 e. The Labute approximate surface area is 178 Å². The number of likely N-dealkylation sites (tertiary alicyclic amines) is 1. The molecule has 1 saturated heterocycles. The van der Waals surface area contributed by atoms with Gasteiger partial charge in [0.05, 0.1) is 0 Å². The molecule has 0 aliphatic carbocycles. The first-order valence-electron chi connectivity index (χ1n) is 10.2. The van der Waals surface area contributed by atoms with E-state index in [1.807, 2.05) is 34.3 Å². The normalized spacial score (nSPS) is 16.6. The summed E-state index contributed by atoms with van der Waals surface area (Å²) in [5, 5.41) is 4.63. The summed E-state index contributed by atoms with van der Waals surface area (Å²) in [7, 11) is 0. The van der Waals surface area contributed by atoms with Crippen molar-refractivity contribution in [1.29, 1.82) is 0 Å². The summed E-state index contributed by atoms with van der Waals surface area (Å²) in [5.74, 6) is 0.438. The molecule has 2 aromatic rings. The van der Waals surface area contributed by atoms with Gasteiger partial charge in [0.1, 0.15) is 18.4 Å². The Kier molecular flexibility index (Phi) is 6.87. The van der Waals surface area contributed by atoms with E-state index in [9.17, 15) is 22.8 Å². The SMILES string of the molecule is CC(C)c1nccn1Cc1cccc(NC(=O)N2CCCC2C(=O)NCC(F)(F)F)c1. The number of rotatable bonds is 6. The van der Waals surface area contributed by atoms with Crippen LogP contribution in [0.5, 0.6) is 0 Å². The lowest BCUT2D eigenvalue weighted by Crippen LogP contribution is -2.49. The third-order valence-electron chi connectivity index (χ3n) is 5.07. The van der Waals surface area contributed by atoms with Crippen molar-refractivity contribution in [2.24, 2.45) is 0 Å². The van der Waals surface area contributed by atoms with Crippen LogP contribution in [0.1, 0.15) is 44.0 Å². The Hall–Kier alpha value is -3.04. The van der Waals surface area contributed by atoms with Crippen LogP contribution in [0.2, 0.25) is 0 Å². The molecule has 1 aromatic heterocycles. The van der Waals surface area contributed by atoms with Gasteiger partial charge in [0.15, 0.2) is 0 Å². The number of aromatic nitrogens is 2. The van der Waals surface area contributed by atoms with Crippen molar-refractivity contribution >= 4 is 17.6 Å². The lowest BCUT2D eigenvalue weighted by atomic mass is 10.1. The summed E-state index contributed by atoms with van der Waals surface area (Å²) in [6.07, 6.45) is 0.0334. The molecule has 0 bridgehead atoms. The van der Waals surface area contributed by atoms with Crippen molar-refractivity contribution in [3.8, 4) is 0 Å². The quantitative estimate of drug-likeness (QED) is 0.723. The maximum absolute atomic E-state index is 12.7. The maximum Gasteiger partial charge on any atom is 0.405 e. The fourth-order valence-corrected chi connectivity index (χ4v) is 3.68. The van der Waals surface area contributed by atoms with Gasteiger partial charge in [0, 0.05) is 37.1 Å². The van der Waals surface area contributed by atoms with Gasteiger partial charge < -0.3 is 20.1 Å². The zero-order valence-electron chi connectivity index (χ0n) is 17.4. The van der Waals surface area contributed by atoms with Gasteiger partial charge in [-0.3, -0.25) is 4.79 Å². The van der Waals surface area contributed by atoms with Gasteiger partial charge >= 0.3 is 12.2 Å². The number of carbonyl (C=O) groups is 2. The minimum atomic E-state index is -4.49. The Bertz CT molecular complexity index is 926. The van der Waals surface area contributed by atoms with E-state index in [2.05, 4.69) is 24.1 Å². The van der Waals surface area contributed by atoms with Crippen molar-refractivity contribution < 1.29 is 22.8 Å². The average molecular weight is 437 g/mol. The number of urea groups is 1. The second kappa shape index (κ2) is 9.40. The average Bonchev–Trinajstić information content (AvgIpc) is 3.35. The molecule has 1 aliphatic heterocycles. The summed E-state index contributed by atoms with van der Waals surface area (Å²) < 4.78 is 39.2. The molecule has 7 nitrogen and oxygen atoms in total. The molecule has 1 aliphatic rings. The highest BCUT2D eigenvalue weighted by atomic mass is 19.4. The van der Waals surface area contributed by atoms with Crippen LogP contribution in [0.3, 0.4) is 0 Å². The number of carbonyl (C=O) groups excluding carboxylic acids is 2. The number of nitrogens with one attached hydrogen (secondary N) is 2. The van der Waals surface area contributed by atoms with Crippen molar-refractivity contribution in [3.63, 3.8) is 0 Å². The summed E-state index contributed by atoms with van der Waals surface area (Å²) in [6, 6.07) is 5.89. The fraction of sp³-hybridized carbons (Fsp3) is 0.476. The van der Waals surface area contributed by atoms with Gasteiger partial charge in [-0.05, 0) is 30.5 Å². The Morgan fingerprint density at radius 1 is 1.29 bits per heavy atom. The van der Waals surface area contributed by atoms with E-state index < -0.39 is 30.7 Å². The van der Waals surface area contributed by atoms with E-state index in [4.69, 9.17) is 0 Å². The van der Waals surface area contributed by atoms with Crippen LogP contribution in [-0.2, 0) is 11.3 Å². The lowest BCUT2D eigenvalue weighted by Gasteiger charge is -2.24. The van der Waals surface area contributed by atoms with Crippen LogP contribution in [0.4, 0.5) is 23.7 Å². The molecule has 1 fully saturated rings. The standard InChI is InChI=1S/C21H26F3N5O2/c1-14(2)18-25-8-10-28(18)12-15-5-3-6-16(11-15)27-20(31)29-9-4-7-17(29)19(30)26-13-21(22,23)24/h3,5-6,8,10-11,14,17H,4,7,9,12-13H2,1-2H3,(H,26,30)(H,27,31). The summed E-state index contributed by atoms with van der Waals surface area (Å²) in [6.45, 7) is 3.61. The molecule has 2 heterocycles. The molecular weight excluding hydrogens is 411 g/mol. The van der Waals surface area contributed by atoms with Gasteiger partial charge in [-0.15, -0.1) is 0 Å². The van der Waals surface area contributed by atoms with Gasteiger partial charge in [0.2, 0.25) is 5.91 Å². The van der Waals surface area contributed by atoms with E-state index in [-0.39, 0.29) is 5.92 Å².